The predicted molar refractivity (Wildman–Crippen MR) is 67.7 cm³/mol. The third-order valence-corrected chi connectivity index (χ3v) is 2.85. The summed E-state index contributed by atoms with van der Waals surface area (Å²) in [6.45, 7) is 6.84. The number of hydrogen-bond donors (Lipinski definition) is 1. The molecule has 6 heteroatoms. The average Bonchev–Trinajstić information content (AvgIpc) is 2.81. The second kappa shape index (κ2) is 5.14. The van der Waals surface area contributed by atoms with Crippen LogP contribution in [0.15, 0.2) is 12.4 Å². The fourth-order valence-electron chi connectivity index (χ4n) is 1.74. The van der Waals surface area contributed by atoms with Crippen LogP contribution >= 0.6 is 0 Å². The van der Waals surface area contributed by atoms with Gasteiger partial charge in [0, 0.05) is 12.1 Å². The van der Waals surface area contributed by atoms with E-state index in [9.17, 15) is 0 Å². The summed E-state index contributed by atoms with van der Waals surface area (Å²) in [5.41, 5.74) is 8.67. The molecule has 0 fully saturated rings. The second-order valence-corrected chi connectivity index (χ2v) is 3.97. The number of hydrogen-bond acceptors (Lipinski definition) is 5. The van der Waals surface area contributed by atoms with Crippen molar-refractivity contribution in [2.45, 2.75) is 27.3 Å². The molecule has 0 radical (unpaired) electrons. The quantitative estimate of drug-likeness (QED) is 0.876. The van der Waals surface area contributed by atoms with Crippen LogP contribution < -0.4 is 10.5 Å². The first-order valence-corrected chi connectivity index (χ1v) is 5.88. The Balaban J connectivity index is 2.46. The van der Waals surface area contributed by atoms with E-state index in [0.717, 1.165) is 16.8 Å². The number of aryl methyl sites for hydroxylation is 1. The summed E-state index contributed by atoms with van der Waals surface area (Å²) < 4.78 is 7.02. The van der Waals surface area contributed by atoms with Crippen LogP contribution in [0.5, 0.6) is 5.75 Å². The molecule has 0 aliphatic heterocycles. The van der Waals surface area contributed by atoms with Gasteiger partial charge in [0.15, 0.2) is 11.6 Å². The van der Waals surface area contributed by atoms with Crippen molar-refractivity contribution in [3.05, 3.63) is 29.2 Å². The van der Waals surface area contributed by atoms with Crippen molar-refractivity contribution in [1.82, 2.24) is 20.0 Å². The van der Waals surface area contributed by atoms with Gasteiger partial charge < -0.3 is 10.5 Å². The zero-order valence-electron chi connectivity index (χ0n) is 10.8. The first-order chi connectivity index (χ1) is 8.67. The molecule has 2 heterocycles. The summed E-state index contributed by atoms with van der Waals surface area (Å²) in [6, 6.07) is 0. The normalized spacial score (nSPS) is 10.7. The standard InChI is InChI=1S/C12H17N5O/c1-4-18-10-6-14-17(7-10)12-11(5-13)8(2)9(3)15-16-12/h6-7H,4-5,13H2,1-3H3. The zero-order chi connectivity index (χ0) is 13.1. The fourth-order valence-corrected chi connectivity index (χ4v) is 1.74. The van der Waals surface area contributed by atoms with Gasteiger partial charge in [0.25, 0.3) is 0 Å². The van der Waals surface area contributed by atoms with Crippen LogP contribution in [0.25, 0.3) is 5.82 Å². The van der Waals surface area contributed by atoms with E-state index < -0.39 is 0 Å². The van der Waals surface area contributed by atoms with E-state index in [4.69, 9.17) is 10.5 Å². The fraction of sp³-hybridized carbons (Fsp3) is 0.417. The minimum atomic E-state index is 0.404. The molecular weight excluding hydrogens is 230 g/mol. The van der Waals surface area contributed by atoms with E-state index >= 15 is 0 Å². The number of ether oxygens (including phenoxy) is 1. The van der Waals surface area contributed by atoms with Crippen molar-refractivity contribution in [3.63, 3.8) is 0 Å². The lowest BCUT2D eigenvalue weighted by molar-refractivity contribution is 0.340. The lowest BCUT2D eigenvalue weighted by Crippen LogP contribution is -2.12. The Morgan fingerprint density at radius 3 is 2.78 bits per heavy atom. The van der Waals surface area contributed by atoms with Crippen molar-refractivity contribution in [2.75, 3.05) is 6.61 Å². The molecule has 0 saturated carbocycles. The molecule has 96 valence electrons. The van der Waals surface area contributed by atoms with E-state index in [-0.39, 0.29) is 0 Å². The van der Waals surface area contributed by atoms with Gasteiger partial charge in [0.05, 0.1) is 24.7 Å². The third kappa shape index (κ3) is 2.19. The Morgan fingerprint density at radius 2 is 2.11 bits per heavy atom. The predicted octanol–water partition coefficient (Wildman–Crippen LogP) is 1.14. The second-order valence-electron chi connectivity index (χ2n) is 3.97. The molecule has 2 aromatic heterocycles. The monoisotopic (exact) mass is 247 g/mol. The Kier molecular flexibility index (Phi) is 3.57. The van der Waals surface area contributed by atoms with Gasteiger partial charge in [-0.15, -0.1) is 5.10 Å². The van der Waals surface area contributed by atoms with Crippen LogP contribution in [0, 0.1) is 13.8 Å². The van der Waals surface area contributed by atoms with Gasteiger partial charge >= 0.3 is 0 Å². The summed E-state index contributed by atoms with van der Waals surface area (Å²) in [5, 5.41) is 12.5. The van der Waals surface area contributed by atoms with E-state index in [1.807, 2.05) is 20.8 Å². The molecule has 0 aliphatic carbocycles. The molecule has 0 aromatic carbocycles. The molecule has 0 bridgehead atoms. The summed E-state index contributed by atoms with van der Waals surface area (Å²) in [4.78, 5) is 0. The zero-order valence-corrected chi connectivity index (χ0v) is 10.8. The molecule has 0 saturated heterocycles. The Labute approximate surface area is 106 Å². The summed E-state index contributed by atoms with van der Waals surface area (Å²) in [5.74, 6) is 1.37. The number of nitrogens with two attached hydrogens (primary N) is 1. The van der Waals surface area contributed by atoms with Crippen molar-refractivity contribution in [1.29, 1.82) is 0 Å². The van der Waals surface area contributed by atoms with Crippen LogP contribution in [0.1, 0.15) is 23.7 Å². The highest BCUT2D eigenvalue weighted by Crippen LogP contribution is 2.18. The minimum Gasteiger partial charge on any atom is -0.491 e. The lowest BCUT2D eigenvalue weighted by Gasteiger charge is -2.10. The smallest absolute Gasteiger partial charge is 0.180 e. The van der Waals surface area contributed by atoms with E-state index in [1.54, 1.807) is 17.1 Å². The van der Waals surface area contributed by atoms with Gasteiger partial charge in [0.2, 0.25) is 0 Å². The summed E-state index contributed by atoms with van der Waals surface area (Å²) >= 11 is 0. The van der Waals surface area contributed by atoms with Crippen LogP contribution in [0.3, 0.4) is 0 Å². The van der Waals surface area contributed by atoms with E-state index in [0.29, 0.717) is 24.7 Å². The average molecular weight is 247 g/mol. The molecule has 18 heavy (non-hydrogen) atoms. The maximum atomic E-state index is 5.78. The lowest BCUT2D eigenvalue weighted by atomic mass is 10.1. The third-order valence-electron chi connectivity index (χ3n) is 2.85. The van der Waals surface area contributed by atoms with Gasteiger partial charge in [0.1, 0.15) is 0 Å². The molecular formula is C12H17N5O. The van der Waals surface area contributed by atoms with Crippen LogP contribution in [-0.4, -0.2) is 26.6 Å². The molecule has 0 unspecified atom stereocenters. The Hall–Kier alpha value is -1.95. The molecule has 0 spiro atoms. The largest absolute Gasteiger partial charge is 0.491 e. The maximum absolute atomic E-state index is 5.78. The molecule has 0 atom stereocenters. The first kappa shape index (κ1) is 12.5. The van der Waals surface area contributed by atoms with Gasteiger partial charge in [-0.3, -0.25) is 0 Å². The SMILES string of the molecule is CCOc1cnn(-c2nnc(C)c(C)c2CN)c1. The minimum absolute atomic E-state index is 0.404. The Morgan fingerprint density at radius 1 is 1.33 bits per heavy atom. The number of nitrogens with zero attached hydrogens (tertiary/aromatic N) is 4. The van der Waals surface area contributed by atoms with Crippen LogP contribution in [0.4, 0.5) is 0 Å². The van der Waals surface area contributed by atoms with Crippen molar-refractivity contribution >= 4 is 0 Å². The highest BCUT2D eigenvalue weighted by Gasteiger charge is 2.12. The summed E-state index contributed by atoms with van der Waals surface area (Å²) in [6.07, 6.45) is 3.43. The number of aromatic nitrogens is 4. The highest BCUT2D eigenvalue weighted by atomic mass is 16.5. The van der Waals surface area contributed by atoms with Crippen molar-refractivity contribution in [2.24, 2.45) is 5.73 Å². The van der Waals surface area contributed by atoms with Crippen molar-refractivity contribution < 1.29 is 4.74 Å². The Bertz CT molecular complexity index is 549. The first-order valence-electron chi connectivity index (χ1n) is 5.88. The van der Waals surface area contributed by atoms with Gasteiger partial charge in [-0.1, -0.05) is 0 Å². The molecule has 2 rings (SSSR count). The van der Waals surface area contributed by atoms with Gasteiger partial charge in [-0.2, -0.15) is 10.2 Å². The summed E-state index contributed by atoms with van der Waals surface area (Å²) in [7, 11) is 0. The van der Waals surface area contributed by atoms with E-state index in [1.165, 1.54) is 0 Å². The molecule has 2 aromatic rings. The molecule has 6 nitrogen and oxygen atoms in total. The van der Waals surface area contributed by atoms with Crippen LogP contribution in [-0.2, 0) is 6.54 Å². The van der Waals surface area contributed by atoms with Gasteiger partial charge in [-0.25, -0.2) is 4.68 Å². The number of rotatable bonds is 4. The maximum Gasteiger partial charge on any atom is 0.180 e. The van der Waals surface area contributed by atoms with Crippen molar-refractivity contribution in [3.8, 4) is 11.6 Å². The molecule has 0 amide bonds. The topological polar surface area (TPSA) is 78.8 Å². The van der Waals surface area contributed by atoms with Crippen LogP contribution in [0.2, 0.25) is 0 Å². The highest BCUT2D eigenvalue weighted by molar-refractivity contribution is 5.40. The van der Waals surface area contributed by atoms with Gasteiger partial charge in [-0.05, 0) is 26.3 Å². The van der Waals surface area contributed by atoms with E-state index in [2.05, 4.69) is 15.3 Å². The molecule has 0 aliphatic rings. The molecule has 2 N–H and O–H groups in total.